The van der Waals surface area contributed by atoms with Gasteiger partial charge in [0.05, 0.1) is 11.7 Å². The molecule has 0 amide bonds. The molecule has 2 atom stereocenters. The number of pyridine rings is 2. The van der Waals surface area contributed by atoms with Gasteiger partial charge in [0.25, 0.3) is 5.56 Å². The van der Waals surface area contributed by atoms with Crippen LogP contribution in [0.2, 0.25) is 0 Å². The lowest BCUT2D eigenvalue weighted by Crippen LogP contribution is -2.51. The second-order valence-corrected chi connectivity index (χ2v) is 11.3. The van der Waals surface area contributed by atoms with Gasteiger partial charge in [0.2, 0.25) is 0 Å². The predicted octanol–water partition coefficient (Wildman–Crippen LogP) is 6.34. The van der Waals surface area contributed by atoms with Crippen LogP contribution in [0, 0.1) is 13.8 Å². The molecule has 212 valence electrons. The fourth-order valence-electron chi connectivity index (χ4n) is 4.97. The number of aromatic nitrogens is 2. The molecule has 2 unspecified atom stereocenters. The first-order chi connectivity index (χ1) is 18.5. The highest BCUT2D eigenvalue weighted by molar-refractivity contribution is 7.98. The third kappa shape index (κ3) is 6.86. The van der Waals surface area contributed by atoms with Crippen molar-refractivity contribution in [3.8, 4) is 0 Å². The zero-order valence-electron chi connectivity index (χ0n) is 24.9. The first-order valence-corrected chi connectivity index (χ1v) is 15.0. The van der Waals surface area contributed by atoms with Crippen LogP contribution in [0.5, 0.6) is 0 Å². The molecule has 1 aliphatic rings. The van der Waals surface area contributed by atoms with Gasteiger partial charge in [-0.3, -0.25) is 14.6 Å². The highest BCUT2D eigenvalue weighted by atomic mass is 32.2. The van der Waals surface area contributed by atoms with Gasteiger partial charge in [0.15, 0.2) is 0 Å². The number of piperazine rings is 1. The summed E-state index contributed by atoms with van der Waals surface area (Å²) >= 11 is 1.51. The third-order valence-corrected chi connectivity index (χ3v) is 8.21. The van der Waals surface area contributed by atoms with Gasteiger partial charge >= 0.3 is 0 Å². The Morgan fingerprint density at radius 1 is 1.21 bits per heavy atom. The van der Waals surface area contributed by atoms with Crippen LogP contribution in [0.1, 0.15) is 56.5 Å². The summed E-state index contributed by atoms with van der Waals surface area (Å²) in [5.74, 6) is 0.918. The summed E-state index contributed by atoms with van der Waals surface area (Å²) < 4.78 is 1.76. The Morgan fingerprint density at radius 2 is 1.92 bits per heavy atom. The van der Waals surface area contributed by atoms with Crippen LogP contribution in [-0.4, -0.2) is 58.6 Å². The van der Waals surface area contributed by atoms with Crippen molar-refractivity contribution in [2.24, 2.45) is 7.05 Å². The number of hydroxylamine groups is 1. The molecule has 4 rings (SSSR count). The number of hydrogen-bond donors (Lipinski definition) is 1. The van der Waals surface area contributed by atoms with Gasteiger partial charge in [-0.1, -0.05) is 25.5 Å². The molecule has 1 aromatic carbocycles. The fourth-order valence-corrected chi connectivity index (χ4v) is 5.58. The van der Waals surface area contributed by atoms with E-state index in [2.05, 4.69) is 54.4 Å². The van der Waals surface area contributed by atoms with E-state index in [-0.39, 0.29) is 11.6 Å². The predicted molar refractivity (Wildman–Crippen MR) is 167 cm³/mol. The molecule has 0 saturated carbocycles. The van der Waals surface area contributed by atoms with Crippen LogP contribution in [0.15, 0.2) is 52.8 Å². The average molecular weight is 552 g/mol. The Hall–Kier alpha value is -2.81. The fraction of sp³-hybridized carbons (Fsp3) is 0.484. The molecule has 0 aliphatic carbocycles. The summed E-state index contributed by atoms with van der Waals surface area (Å²) in [5, 5.41) is 14.9. The van der Waals surface area contributed by atoms with Crippen LogP contribution < -0.4 is 15.5 Å². The summed E-state index contributed by atoms with van der Waals surface area (Å²) in [6.45, 7) is 16.5. The van der Waals surface area contributed by atoms with Gasteiger partial charge in [-0.05, 0) is 88.2 Å². The normalized spacial score (nSPS) is 16.5. The number of fused-ring (bicyclic) bond motifs is 1. The molecular weight excluding hydrogens is 506 g/mol. The van der Waals surface area contributed by atoms with Crippen LogP contribution in [-0.2, 0) is 7.05 Å². The van der Waals surface area contributed by atoms with Crippen molar-refractivity contribution in [1.82, 2.24) is 14.5 Å². The second kappa shape index (κ2) is 13.5. The molecule has 39 heavy (non-hydrogen) atoms. The maximum atomic E-state index is 13.5. The monoisotopic (exact) mass is 551 g/mol. The number of likely N-dealkylation sites (N-methyl/N-ethyl adjacent to an activating group) is 1. The number of rotatable bonds is 7. The Bertz CT molecular complexity index is 1360. The molecule has 0 spiro atoms. The standard InChI is InChI=1S/C26H35N5O2S.C5H10/c1-16-12-20(19(4)31(33)23-9-8-17(2)27-25(23)34-7)21-14-24(29(6)26(32)22(21)13-16)30-11-10-28(5)18(3)15-30;1-3-5-4-2/h8-9,12-14,18-19,33H,10-11,15H2,1-7H3;3H,1,4-5H2,2H3. The van der Waals surface area contributed by atoms with Crippen molar-refractivity contribution < 1.29 is 5.21 Å². The number of anilines is 2. The minimum Gasteiger partial charge on any atom is -0.355 e. The van der Waals surface area contributed by atoms with Crippen LogP contribution in [0.25, 0.3) is 10.8 Å². The van der Waals surface area contributed by atoms with Crippen molar-refractivity contribution in [2.75, 3.05) is 42.9 Å². The van der Waals surface area contributed by atoms with Gasteiger partial charge in [-0.25, -0.2) is 10.0 Å². The van der Waals surface area contributed by atoms with Crippen molar-refractivity contribution in [2.45, 2.75) is 64.6 Å². The topological polar surface area (TPSA) is 64.8 Å². The SMILES string of the molecule is C=CCCC.CSc1nc(C)ccc1N(O)C(C)c1cc(C)cc2c(=O)n(C)c(N3CCN(C)C(C)C3)cc12. The average Bonchev–Trinajstić information content (AvgIpc) is 2.92. The Balaban J connectivity index is 0.000000771. The van der Waals surface area contributed by atoms with Gasteiger partial charge in [0.1, 0.15) is 10.8 Å². The highest BCUT2D eigenvalue weighted by Gasteiger charge is 2.26. The summed E-state index contributed by atoms with van der Waals surface area (Å²) in [6, 6.07) is 9.99. The first-order valence-electron chi connectivity index (χ1n) is 13.7. The van der Waals surface area contributed by atoms with E-state index in [0.717, 1.165) is 59.1 Å². The van der Waals surface area contributed by atoms with Gasteiger partial charge < -0.3 is 9.80 Å². The van der Waals surface area contributed by atoms with Gasteiger partial charge in [-0.15, -0.1) is 18.3 Å². The molecule has 3 aromatic rings. The summed E-state index contributed by atoms with van der Waals surface area (Å²) in [6.07, 6.45) is 6.27. The van der Waals surface area contributed by atoms with Crippen molar-refractivity contribution >= 4 is 34.0 Å². The summed E-state index contributed by atoms with van der Waals surface area (Å²) in [7, 11) is 4.00. The van der Waals surface area contributed by atoms with Gasteiger partial charge in [-0.2, -0.15) is 0 Å². The molecule has 1 aliphatic heterocycles. The molecular formula is C31H45N5O2S. The Kier molecular flexibility index (Phi) is 10.6. The van der Waals surface area contributed by atoms with Crippen molar-refractivity contribution in [3.63, 3.8) is 0 Å². The molecule has 1 N–H and O–H groups in total. The largest absolute Gasteiger partial charge is 0.355 e. The lowest BCUT2D eigenvalue weighted by Gasteiger charge is -2.39. The molecule has 1 saturated heterocycles. The van der Waals surface area contributed by atoms with E-state index in [1.807, 2.05) is 58.3 Å². The van der Waals surface area contributed by atoms with E-state index in [0.29, 0.717) is 17.1 Å². The molecule has 1 fully saturated rings. The number of thioether (sulfide) groups is 1. The lowest BCUT2D eigenvalue weighted by atomic mass is 9.97. The molecule has 2 aromatic heterocycles. The van der Waals surface area contributed by atoms with Crippen LogP contribution in [0.3, 0.4) is 0 Å². The van der Waals surface area contributed by atoms with E-state index in [4.69, 9.17) is 0 Å². The quantitative estimate of drug-likeness (QED) is 0.209. The number of allylic oxidation sites excluding steroid dienone is 1. The first kappa shape index (κ1) is 30.7. The van der Waals surface area contributed by atoms with E-state index >= 15 is 0 Å². The maximum absolute atomic E-state index is 13.5. The molecule has 3 heterocycles. The Labute approximate surface area is 238 Å². The van der Waals surface area contributed by atoms with E-state index in [1.165, 1.54) is 23.2 Å². The smallest absolute Gasteiger partial charge is 0.259 e. The lowest BCUT2D eigenvalue weighted by molar-refractivity contribution is 0.221. The number of nitrogens with zero attached hydrogens (tertiary/aromatic N) is 5. The zero-order valence-corrected chi connectivity index (χ0v) is 25.7. The van der Waals surface area contributed by atoms with Crippen LogP contribution in [0.4, 0.5) is 11.5 Å². The minimum atomic E-state index is -0.371. The molecule has 7 nitrogen and oxygen atoms in total. The van der Waals surface area contributed by atoms with E-state index in [9.17, 15) is 10.0 Å². The number of unbranched alkanes of at least 4 members (excludes halogenated alkanes) is 1. The molecule has 0 bridgehead atoms. The van der Waals surface area contributed by atoms with Crippen molar-refractivity contribution in [3.05, 3.63) is 70.2 Å². The number of aryl methyl sites for hydroxylation is 2. The summed E-state index contributed by atoms with van der Waals surface area (Å²) in [4.78, 5) is 22.7. The van der Waals surface area contributed by atoms with E-state index < -0.39 is 0 Å². The third-order valence-electron chi connectivity index (χ3n) is 7.52. The van der Waals surface area contributed by atoms with Crippen LogP contribution >= 0.6 is 11.8 Å². The number of hydrogen-bond acceptors (Lipinski definition) is 7. The summed E-state index contributed by atoms with van der Waals surface area (Å²) in [5.41, 5.74) is 3.48. The second-order valence-electron chi connectivity index (χ2n) is 10.5. The van der Waals surface area contributed by atoms with Crippen molar-refractivity contribution in [1.29, 1.82) is 0 Å². The molecule has 8 heteroatoms. The van der Waals surface area contributed by atoms with E-state index in [1.54, 1.807) is 4.57 Å². The highest BCUT2D eigenvalue weighted by Crippen LogP contribution is 2.35. The van der Waals surface area contributed by atoms with Gasteiger partial charge in [0, 0.05) is 43.8 Å². The maximum Gasteiger partial charge on any atom is 0.259 e. The zero-order chi connectivity index (χ0) is 28.9. The number of benzene rings is 1. The molecule has 0 radical (unpaired) electrons. The minimum absolute atomic E-state index is 0.0115. The Morgan fingerprint density at radius 3 is 2.51 bits per heavy atom.